The maximum Gasteiger partial charge on any atom is 0.573 e. The molecule has 1 fully saturated rings. The van der Waals surface area contributed by atoms with Crippen molar-refractivity contribution in [2.45, 2.75) is 31.2 Å². The van der Waals surface area contributed by atoms with Gasteiger partial charge in [-0.2, -0.15) is 0 Å². The van der Waals surface area contributed by atoms with Gasteiger partial charge in [-0.05, 0) is 43.5 Å². The molecule has 0 aliphatic heterocycles. The van der Waals surface area contributed by atoms with Crippen molar-refractivity contribution >= 4 is 5.91 Å². The van der Waals surface area contributed by atoms with Crippen LogP contribution >= 0.6 is 0 Å². The highest BCUT2D eigenvalue weighted by molar-refractivity contribution is 5.94. The third kappa shape index (κ3) is 3.86. The number of nitrogens with two attached hydrogens (primary N) is 1. The van der Waals surface area contributed by atoms with E-state index in [9.17, 15) is 18.0 Å². The topological polar surface area (TPSA) is 64.3 Å². The monoisotopic (exact) mass is 288 g/mol. The minimum Gasteiger partial charge on any atom is -0.406 e. The highest BCUT2D eigenvalue weighted by Crippen LogP contribution is 2.28. The predicted molar refractivity (Wildman–Crippen MR) is 66.2 cm³/mol. The van der Waals surface area contributed by atoms with Gasteiger partial charge in [-0.25, -0.2) is 0 Å². The van der Waals surface area contributed by atoms with Gasteiger partial charge < -0.3 is 15.8 Å². The third-order valence-corrected chi connectivity index (χ3v) is 3.30. The molecule has 3 N–H and O–H groups in total. The Morgan fingerprint density at radius 1 is 1.30 bits per heavy atom. The molecule has 0 saturated heterocycles. The van der Waals surface area contributed by atoms with Gasteiger partial charge in [-0.15, -0.1) is 13.2 Å². The summed E-state index contributed by atoms with van der Waals surface area (Å²) in [5, 5.41) is 2.68. The van der Waals surface area contributed by atoms with Crippen LogP contribution in [-0.2, 0) is 0 Å². The van der Waals surface area contributed by atoms with E-state index >= 15 is 0 Å². The Kier molecular flexibility index (Phi) is 3.89. The number of rotatable bonds is 4. The van der Waals surface area contributed by atoms with Crippen molar-refractivity contribution in [2.24, 2.45) is 5.73 Å². The molecule has 20 heavy (non-hydrogen) atoms. The van der Waals surface area contributed by atoms with Crippen LogP contribution in [0.5, 0.6) is 5.75 Å². The highest BCUT2D eigenvalue weighted by Gasteiger charge is 2.33. The number of benzene rings is 1. The van der Waals surface area contributed by atoms with E-state index in [1.54, 1.807) is 0 Å². The molecule has 1 aromatic carbocycles. The average molecular weight is 288 g/mol. The van der Waals surface area contributed by atoms with E-state index < -0.39 is 6.36 Å². The predicted octanol–water partition coefficient (Wildman–Crippen LogP) is 2.20. The lowest BCUT2D eigenvalue weighted by Crippen LogP contribution is -2.54. The van der Waals surface area contributed by atoms with E-state index in [1.165, 1.54) is 12.1 Å². The molecular formula is C13H15F3N2O2. The molecule has 0 heterocycles. The van der Waals surface area contributed by atoms with E-state index in [0.29, 0.717) is 6.54 Å². The number of hydrogen-bond donors (Lipinski definition) is 2. The van der Waals surface area contributed by atoms with Crippen molar-refractivity contribution in [3.8, 4) is 5.75 Å². The summed E-state index contributed by atoms with van der Waals surface area (Å²) in [4.78, 5) is 11.8. The Hall–Kier alpha value is -1.76. The van der Waals surface area contributed by atoms with Crippen LogP contribution in [0.1, 0.15) is 29.6 Å². The zero-order valence-electron chi connectivity index (χ0n) is 10.7. The van der Waals surface area contributed by atoms with Gasteiger partial charge in [0, 0.05) is 17.6 Å². The number of halogens is 3. The lowest BCUT2D eigenvalue weighted by molar-refractivity contribution is -0.274. The van der Waals surface area contributed by atoms with Gasteiger partial charge in [0.15, 0.2) is 0 Å². The van der Waals surface area contributed by atoms with E-state index in [1.807, 2.05) is 0 Å². The average Bonchev–Trinajstić information content (AvgIpc) is 2.32. The Labute approximate surface area is 114 Å². The first kappa shape index (κ1) is 14.6. The molecule has 0 atom stereocenters. The molecule has 1 aliphatic rings. The maximum absolute atomic E-state index is 12.0. The summed E-state index contributed by atoms with van der Waals surface area (Å²) in [6.07, 6.45) is -1.95. The number of alkyl halides is 3. The smallest absolute Gasteiger partial charge is 0.406 e. The van der Waals surface area contributed by atoms with Crippen molar-refractivity contribution in [3.05, 3.63) is 29.8 Å². The molecule has 1 aromatic rings. The number of hydrogen-bond acceptors (Lipinski definition) is 3. The molecule has 2 rings (SSSR count). The SMILES string of the molecule is NC1(CNC(=O)c2ccc(OC(F)(F)F)cc2)CCC1. The molecule has 0 radical (unpaired) electrons. The number of amides is 1. The molecule has 0 spiro atoms. The molecule has 0 unspecified atom stereocenters. The Bertz CT molecular complexity index is 481. The molecule has 110 valence electrons. The minimum absolute atomic E-state index is 0.266. The summed E-state index contributed by atoms with van der Waals surface area (Å²) >= 11 is 0. The highest BCUT2D eigenvalue weighted by atomic mass is 19.4. The van der Waals surface area contributed by atoms with Gasteiger partial charge >= 0.3 is 6.36 Å². The minimum atomic E-state index is -4.74. The first-order chi connectivity index (χ1) is 9.27. The van der Waals surface area contributed by atoms with Gasteiger partial charge in [-0.3, -0.25) is 4.79 Å². The molecule has 7 heteroatoms. The summed E-state index contributed by atoms with van der Waals surface area (Å²) in [6, 6.07) is 4.76. The maximum atomic E-state index is 12.0. The number of ether oxygens (including phenoxy) is 1. The van der Waals surface area contributed by atoms with E-state index in [4.69, 9.17) is 5.73 Å². The van der Waals surface area contributed by atoms with Gasteiger partial charge in [-0.1, -0.05) is 0 Å². The second kappa shape index (κ2) is 5.32. The Morgan fingerprint density at radius 3 is 2.35 bits per heavy atom. The standard InChI is InChI=1S/C13H15F3N2O2/c14-13(15,16)20-10-4-2-9(3-5-10)11(19)18-8-12(17)6-1-7-12/h2-5H,1,6-8,17H2,(H,18,19). The third-order valence-electron chi connectivity index (χ3n) is 3.30. The fourth-order valence-electron chi connectivity index (χ4n) is 1.97. The molecule has 4 nitrogen and oxygen atoms in total. The fraction of sp³-hybridized carbons (Fsp3) is 0.462. The van der Waals surface area contributed by atoms with Crippen molar-refractivity contribution in [2.75, 3.05) is 6.54 Å². The molecule has 1 amide bonds. The van der Waals surface area contributed by atoms with Crippen molar-refractivity contribution in [1.29, 1.82) is 0 Å². The van der Waals surface area contributed by atoms with Crippen molar-refractivity contribution in [3.63, 3.8) is 0 Å². The Morgan fingerprint density at radius 2 is 1.90 bits per heavy atom. The quantitative estimate of drug-likeness (QED) is 0.892. The zero-order chi connectivity index (χ0) is 14.8. The van der Waals surface area contributed by atoms with Crippen molar-refractivity contribution < 1.29 is 22.7 Å². The van der Waals surface area contributed by atoms with Crippen LogP contribution in [0.25, 0.3) is 0 Å². The molecule has 1 saturated carbocycles. The molecule has 0 aromatic heterocycles. The number of carbonyl (C=O) groups excluding carboxylic acids is 1. The summed E-state index contributed by atoms with van der Waals surface area (Å²) in [5.74, 6) is -0.719. The van der Waals surface area contributed by atoms with Crippen LogP contribution in [-0.4, -0.2) is 24.4 Å². The van der Waals surface area contributed by atoms with E-state index in [0.717, 1.165) is 31.4 Å². The van der Waals surface area contributed by atoms with Gasteiger partial charge in [0.25, 0.3) is 5.91 Å². The fourth-order valence-corrected chi connectivity index (χ4v) is 1.97. The van der Waals surface area contributed by atoms with Crippen LogP contribution in [0.4, 0.5) is 13.2 Å². The van der Waals surface area contributed by atoms with Crippen LogP contribution in [0.15, 0.2) is 24.3 Å². The van der Waals surface area contributed by atoms with E-state index in [-0.39, 0.29) is 22.8 Å². The van der Waals surface area contributed by atoms with Gasteiger partial charge in [0.1, 0.15) is 5.75 Å². The molecular weight excluding hydrogens is 273 g/mol. The lowest BCUT2D eigenvalue weighted by Gasteiger charge is -2.38. The first-order valence-corrected chi connectivity index (χ1v) is 6.20. The van der Waals surface area contributed by atoms with Gasteiger partial charge in [0.05, 0.1) is 0 Å². The lowest BCUT2D eigenvalue weighted by atomic mass is 9.78. The van der Waals surface area contributed by atoms with E-state index in [2.05, 4.69) is 10.1 Å². The molecule has 0 bridgehead atoms. The zero-order valence-corrected chi connectivity index (χ0v) is 10.7. The van der Waals surface area contributed by atoms with Crippen LogP contribution in [0.2, 0.25) is 0 Å². The summed E-state index contributed by atoms with van der Waals surface area (Å²) in [7, 11) is 0. The second-order valence-electron chi connectivity index (χ2n) is 4.97. The first-order valence-electron chi connectivity index (χ1n) is 6.20. The summed E-state index contributed by atoms with van der Waals surface area (Å²) < 4.78 is 39.7. The summed E-state index contributed by atoms with van der Waals surface area (Å²) in [5.41, 5.74) is 5.89. The normalized spacial score (nSPS) is 17.2. The number of carbonyl (C=O) groups is 1. The second-order valence-corrected chi connectivity index (χ2v) is 4.97. The number of nitrogens with one attached hydrogen (secondary N) is 1. The van der Waals surface area contributed by atoms with Crippen molar-refractivity contribution in [1.82, 2.24) is 5.32 Å². The molecule has 1 aliphatic carbocycles. The Balaban J connectivity index is 1.90. The van der Waals surface area contributed by atoms with Crippen LogP contribution < -0.4 is 15.8 Å². The van der Waals surface area contributed by atoms with Gasteiger partial charge in [0.2, 0.25) is 0 Å². The summed E-state index contributed by atoms with van der Waals surface area (Å²) in [6.45, 7) is 0.368. The largest absolute Gasteiger partial charge is 0.573 e. The van der Waals surface area contributed by atoms with Crippen LogP contribution in [0.3, 0.4) is 0 Å². The van der Waals surface area contributed by atoms with Crippen LogP contribution in [0, 0.1) is 0 Å².